The van der Waals surface area contributed by atoms with E-state index >= 15 is 0 Å². The number of nitrogens with one attached hydrogen (secondary N) is 2. The number of hydrogen-bond acceptors (Lipinski definition) is 3. The molecule has 1 unspecified atom stereocenters. The zero-order valence-electron chi connectivity index (χ0n) is 14.5. The van der Waals surface area contributed by atoms with Crippen molar-refractivity contribution in [1.29, 1.82) is 0 Å². The largest absolute Gasteiger partial charge is 0.386 e. The van der Waals surface area contributed by atoms with Crippen molar-refractivity contribution in [1.82, 2.24) is 15.5 Å². The van der Waals surface area contributed by atoms with E-state index in [9.17, 15) is 14.3 Å². The summed E-state index contributed by atoms with van der Waals surface area (Å²) >= 11 is 0. The molecule has 1 aromatic carbocycles. The number of urea groups is 1. The van der Waals surface area contributed by atoms with Crippen LogP contribution in [0.2, 0.25) is 0 Å². The van der Waals surface area contributed by atoms with Crippen molar-refractivity contribution < 1.29 is 14.3 Å². The van der Waals surface area contributed by atoms with Gasteiger partial charge in [0.05, 0.1) is 6.10 Å². The van der Waals surface area contributed by atoms with E-state index in [1.54, 1.807) is 12.1 Å². The average Bonchev–Trinajstić information content (AvgIpc) is 2.54. The summed E-state index contributed by atoms with van der Waals surface area (Å²) in [5, 5.41) is 15.5. The number of carbonyl (C=O) groups is 1. The minimum Gasteiger partial charge on any atom is -0.386 e. The Kier molecular flexibility index (Phi) is 6.99. The van der Waals surface area contributed by atoms with E-state index in [-0.39, 0.29) is 24.2 Å². The molecule has 0 bridgehead atoms. The van der Waals surface area contributed by atoms with E-state index < -0.39 is 11.9 Å². The minimum absolute atomic E-state index is 0.0149. The quantitative estimate of drug-likeness (QED) is 0.746. The van der Waals surface area contributed by atoms with Gasteiger partial charge in [-0.2, -0.15) is 0 Å². The molecule has 1 aromatic rings. The summed E-state index contributed by atoms with van der Waals surface area (Å²) in [4.78, 5) is 14.4. The van der Waals surface area contributed by atoms with Crippen LogP contribution in [-0.2, 0) is 0 Å². The molecule has 1 fully saturated rings. The third-order valence-corrected chi connectivity index (χ3v) is 4.27. The fraction of sp³-hybridized carbons (Fsp3) is 0.611. The van der Waals surface area contributed by atoms with Gasteiger partial charge >= 0.3 is 6.03 Å². The van der Waals surface area contributed by atoms with E-state index in [4.69, 9.17) is 0 Å². The maximum Gasteiger partial charge on any atom is 0.315 e. The molecule has 134 valence electrons. The molecule has 2 amide bonds. The zero-order valence-corrected chi connectivity index (χ0v) is 14.5. The lowest BCUT2D eigenvalue weighted by molar-refractivity contribution is 0.162. The first kappa shape index (κ1) is 18.7. The number of aliphatic hydroxyl groups excluding tert-OH is 1. The Labute approximate surface area is 143 Å². The van der Waals surface area contributed by atoms with Crippen LogP contribution in [0.1, 0.15) is 38.4 Å². The van der Waals surface area contributed by atoms with E-state index in [1.807, 2.05) is 0 Å². The molecule has 5 nitrogen and oxygen atoms in total. The molecule has 2 rings (SSSR count). The number of hydrogen-bond donors (Lipinski definition) is 3. The SMILES string of the molecule is CC(C)CN1CCC(NC(=O)NCC(O)c2ccccc2F)CC1. The topological polar surface area (TPSA) is 64.6 Å². The van der Waals surface area contributed by atoms with Gasteiger partial charge in [-0.05, 0) is 24.8 Å². The summed E-state index contributed by atoms with van der Waals surface area (Å²) in [6.07, 6.45) is 0.802. The molecule has 1 atom stereocenters. The van der Waals surface area contributed by atoms with Gasteiger partial charge < -0.3 is 20.6 Å². The van der Waals surface area contributed by atoms with Crippen molar-refractivity contribution in [2.75, 3.05) is 26.2 Å². The molecule has 0 radical (unpaired) electrons. The number of aliphatic hydroxyl groups is 1. The van der Waals surface area contributed by atoms with Crippen LogP contribution >= 0.6 is 0 Å². The lowest BCUT2D eigenvalue weighted by Crippen LogP contribution is -2.48. The van der Waals surface area contributed by atoms with Crippen LogP contribution in [0.3, 0.4) is 0 Å². The Morgan fingerprint density at radius 2 is 2.00 bits per heavy atom. The molecule has 1 heterocycles. The smallest absolute Gasteiger partial charge is 0.315 e. The first-order valence-electron chi connectivity index (χ1n) is 8.65. The molecular formula is C18H28FN3O2. The van der Waals surface area contributed by atoms with Crippen molar-refractivity contribution in [3.8, 4) is 0 Å². The highest BCUT2D eigenvalue weighted by Gasteiger charge is 2.21. The molecule has 0 spiro atoms. The number of halogens is 1. The predicted molar refractivity (Wildman–Crippen MR) is 92.2 cm³/mol. The van der Waals surface area contributed by atoms with Gasteiger partial charge in [-0.25, -0.2) is 9.18 Å². The molecule has 6 heteroatoms. The van der Waals surface area contributed by atoms with Crippen molar-refractivity contribution in [3.63, 3.8) is 0 Å². The van der Waals surface area contributed by atoms with Crippen molar-refractivity contribution >= 4 is 6.03 Å². The number of nitrogens with zero attached hydrogens (tertiary/aromatic N) is 1. The summed E-state index contributed by atoms with van der Waals surface area (Å²) in [5.74, 6) is 0.183. The minimum atomic E-state index is -1.05. The van der Waals surface area contributed by atoms with E-state index in [2.05, 4.69) is 29.4 Å². The molecule has 3 N–H and O–H groups in total. The Morgan fingerprint density at radius 1 is 1.33 bits per heavy atom. The zero-order chi connectivity index (χ0) is 17.5. The molecular weight excluding hydrogens is 309 g/mol. The van der Waals surface area contributed by atoms with Gasteiger partial charge in [0.1, 0.15) is 5.82 Å². The number of carbonyl (C=O) groups excluding carboxylic acids is 1. The van der Waals surface area contributed by atoms with Gasteiger partial charge in [0.15, 0.2) is 0 Å². The van der Waals surface area contributed by atoms with Crippen LogP contribution in [0.4, 0.5) is 9.18 Å². The number of piperidine rings is 1. The van der Waals surface area contributed by atoms with Gasteiger partial charge in [0, 0.05) is 37.8 Å². The highest BCUT2D eigenvalue weighted by atomic mass is 19.1. The summed E-state index contributed by atoms with van der Waals surface area (Å²) < 4.78 is 13.6. The Morgan fingerprint density at radius 3 is 2.62 bits per heavy atom. The Hall–Kier alpha value is -1.66. The first-order valence-corrected chi connectivity index (χ1v) is 8.65. The third kappa shape index (κ3) is 5.76. The highest BCUT2D eigenvalue weighted by Crippen LogP contribution is 2.16. The maximum absolute atomic E-state index is 13.6. The summed E-state index contributed by atoms with van der Waals surface area (Å²) in [6, 6.07) is 5.88. The van der Waals surface area contributed by atoms with Crippen molar-refractivity contribution in [2.45, 2.75) is 38.8 Å². The first-order chi connectivity index (χ1) is 11.5. The van der Waals surface area contributed by atoms with E-state index in [0.29, 0.717) is 5.92 Å². The molecule has 24 heavy (non-hydrogen) atoms. The van der Waals surface area contributed by atoms with Gasteiger partial charge in [-0.3, -0.25) is 0 Å². The molecule has 1 aliphatic rings. The van der Waals surface area contributed by atoms with E-state index in [1.165, 1.54) is 12.1 Å². The molecule has 1 aliphatic heterocycles. The van der Waals surface area contributed by atoms with Crippen LogP contribution in [0.15, 0.2) is 24.3 Å². The number of rotatable bonds is 6. The van der Waals surface area contributed by atoms with Gasteiger partial charge in [-0.1, -0.05) is 32.0 Å². The van der Waals surface area contributed by atoms with Crippen LogP contribution in [-0.4, -0.2) is 48.3 Å². The second-order valence-electron chi connectivity index (χ2n) is 6.86. The predicted octanol–water partition coefficient (Wildman–Crippen LogP) is 2.28. The lowest BCUT2D eigenvalue weighted by Gasteiger charge is -2.33. The monoisotopic (exact) mass is 337 g/mol. The number of benzene rings is 1. The second kappa shape index (κ2) is 8.99. The number of amides is 2. The Bertz CT molecular complexity index is 531. The summed E-state index contributed by atoms with van der Waals surface area (Å²) in [7, 11) is 0. The van der Waals surface area contributed by atoms with Crippen molar-refractivity contribution in [2.24, 2.45) is 5.92 Å². The normalized spacial score (nSPS) is 17.7. The van der Waals surface area contributed by atoms with Crippen LogP contribution in [0, 0.1) is 11.7 Å². The summed E-state index contributed by atoms with van der Waals surface area (Å²) in [6.45, 7) is 7.46. The van der Waals surface area contributed by atoms with Crippen molar-refractivity contribution in [3.05, 3.63) is 35.6 Å². The summed E-state index contributed by atoms with van der Waals surface area (Å²) in [5.41, 5.74) is 0.194. The van der Waals surface area contributed by atoms with Gasteiger partial charge in [0.2, 0.25) is 0 Å². The highest BCUT2D eigenvalue weighted by molar-refractivity contribution is 5.74. The second-order valence-corrected chi connectivity index (χ2v) is 6.86. The number of likely N-dealkylation sites (tertiary alicyclic amines) is 1. The third-order valence-electron chi connectivity index (χ3n) is 4.27. The molecule has 0 saturated carbocycles. The maximum atomic E-state index is 13.6. The van der Waals surface area contributed by atoms with Crippen LogP contribution < -0.4 is 10.6 Å². The lowest BCUT2D eigenvalue weighted by atomic mass is 10.0. The fourth-order valence-electron chi connectivity index (χ4n) is 3.06. The fourth-order valence-corrected chi connectivity index (χ4v) is 3.06. The Balaban J connectivity index is 1.70. The molecule has 1 saturated heterocycles. The van der Waals surface area contributed by atoms with Crippen LogP contribution in [0.5, 0.6) is 0 Å². The molecule has 0 aromatic heterocycles. The standard InChI is InChI=1S/C18H28FN3O2/c1-13(2)12-22-9-7-14(8-10-22)21-18(24)20-11-17(23)15-5-3-4-6-16(15)19/h3-6,13-14,17,23H,7-12H2,1-2H3,(H2,20,21,24). The molecule has 0 aliphatic carbocycles. The van der Waals surface area contributed by atoms with Gasteiger partial charge in [-0.15, -0.1) is 0 Å². The van der Waals surface area contributed by atoms with E-state index in [0.717, 1.165) is 32.5 Å². The average molecular weight is 337 g/mol. The van der Waals surface area contributed by atoms with Gasteiger partial charge in [0.25, 0.3) is 0 Å². The van der Waals surface area contributed by atoms with Crippen LogP contribution in [0.25, 0.3) is 0 Å².